The molecule has 1 rings (SSSR count). The normalized spacial score (nSPS) is 12.8. The quantitative estimate of drug-likeness (QED) is 0.661. The summed E-state index contributed by atoms with van der Waals surface area (Å²) < 4.78 is 0. The lowest BCUT2D eigenvalue weighted by atomic mass is 10.2. The first-order valence-corrected chi connectivity index (χ1v) is 5.25. The number of anilines is 1. The number of aromatic amines is 1. The molecule has 0 aliphatic heterocycles. The maximum absolute atomic E-state index is 11.7. The SMILES string of the molecule is CC(CCN(C)C)NC(=O)c1cn[nH]c1N. The van der Waals surface area contributed by atoms with Gasteiger partial charge in [0.2, 0.25) is 0 Å². The van der Waals surface area contributed by atoms with E-state index < -0.39 is 0 Å². The highest BCUT2D eigenvalue weighted by Crippen LogP contribution is 2.06. The van der Waals surface area contributed by atoms with Gasteiger partial charge in [-0.3, -0.25) is 9.89 Å². The number of hydrogen-bond donors (Lipinski definition) is 3. The lowest BCUT2D eigenvalue weighted by Gasteiger charge is -2.16. The van der Waals surface area contributed by atoms with Crippen molar-refractivity contribution in [2.24, 2.45) is 0 Å². The molecular weight excluding hydrogens is 206 g/mol. The van der Waals surface area contributed by atoms with Gasteiger partial charge in [0, 0.05) is 6.04 Å². The summed E-state index contributed by atoms with van der Waals surface area (Å²) in [5, 5.41) is 9.11. The highest BCUT2D eigenvalue weighted by Gasteiger charge is 2.13. The molecule has 16 heavy (non-hydrogen) atoms. The Morgan fingerprint density at radius 1 is 1.69 bits per heavy atom. The Labute approximate surface area is 95.2 Å². The van der Waals surface area contributed by atoms with Crippen molar-refractivity contribution in [3.8, 4) is 0 Å². The second kappa shape index (κ2) is 5.50. The van der Waals surface area contributed by atoms with Crippen LogP contribution >= 0.6 is 0 Å². The van der Waals surface area contributed by atoms with Crippen molar-refractivity contribution in [1.29, 1.82) is 0 Å². The van der Waals surface area contributed by atoms with Crippen LogP contribution in [0.15, 0.2) is 6.20 Å². The molecule has 1 aromatic heterocycles. The minimum absolute atomic E-state index is 0.115. The van der Waals surface area contributed by atoms with Gasteiger partial charge in [-0.05, 0) is 34.0 Å². The highest BCUT2D eigenvalue weighted by molar-refractivity contribution is 5.98. The Bertz CT molecular complexity index is 347. The van der Waals surface area contributed by atoms with Gasteiger partial charge in [-0.2, -0.15) is 5.10 Å². The number of nitrogen functional groups attached to an aromatic ring is 1. The molecule has 6 nitrogen and oxygen atoms in total. The first kappa shape index (κ1) is 12.5. The molecule has 1 heterocycles. The van der Waals surface area contributed by atoms with E-state index in [1.54, 1.807) is 0 Å². The summed E-state index contributed by atoms with van der Waals surface area (Å²) in [5.41, 5.74) is 5.95. The number of rotatable bonds is 5. The summed E-state index contributed by atoms with van der Waals surface area (Å²) in [7, 11) is 4.01. The minimum Gasteiger partial charge on any atom is -0.383 e. The number of nitrogens with one attached hydrogen (secondary N) is 2. The average molecular weight is 225 g/mol. The fourth-order valence-electron chi connectivity index (χ4n) is 1.30. The average Bonchev–Trinajstić information content (AvgIpc) is 2.61. The van der Waals surface area contributed by atoms with E-state index in [0.717, 1.165) is 13.0 Å². The van der Waals surface area contributed by atoms with Gasteiger partial charge in [0.25, 0.3) is 5.91 Å². The number of carbonyl (C=O) groups is 1. The molecule has 1 atom stereocenters. The van der Waals surface area contributed by atoms with Gasteiger partial charge in [-0.25, -0.2) is 0 Å². The zero-order valence-electron chi connectivity index (χ0n) is 9.95. The van der Waals surface area contributed by atoms with E-state index in [1.165, 1.54) is 6.20 Å². The standard InChI is InChI=1S/C10H19N5O/c1-7(4-5-15(2)3)13-10(16)8-6-12-14-9(8)11/h6-7H,4-5H2,1-3H3,(H,13,16)(H3,11,12,14). The van der Waals surface area contributed by atoms with E-state index in [1.807, 2.05) is 21.0 Å². The third kappa shape index (κ3) is 3.54. The molecule has 0 aliphatic rings. The highest BCUT2D eigenvalue weighted by atomic mass is 16.1. The van der Waals surface area contributed by atoms with Crippen LogP contribution in [0, 0.1) is 0 Å². The molecular formula is C10H19N5O. The number of amides is 1. The van der Waals surface area contributed by atoms with E-state index in [9.17, 15) is 4.79 Å². The van der Waals surface area contributed by atoms with E-state index in [2.05, 4.69) is 20.4 Å². The lowest BCUT2D eigenvalue weighted by Crippen LogP contribution is -2.34. The van der Waals surface area contributed by atoms with Crippen molar-refractivity contribution in [3.05, 3.63) is 11.8 Å². The Morgan fingerprint density at radius 2 is 2.38 bits per heavy atom. The molecule has 4 N–H and O–H groups in total. The predicted molar refractivity (Wildman–Crippen MR) is 63.1 cm³/mol. The molecule has 0 aromatic carbocycles. The number of nitrogens with two attached hydrogens (primary N) is 1. The van der Waals surface area contributed by atoms with Gasteiger partial charge < -0.3 is 16.0 Å². The van der Waals surface area contributed by atoms with Crippen molar-refractivity contribution in [2.45, 2.75) is 19.4 Å². The topological polar surface area (TPSA) is 87.0 Å². The molecule has 0 fully saturated rings. The number of nitrogens with zero attached hydrogens (tertiary/aromatic N) is 2. The van der Waals surface area contributed by atoms with Crippen LogP contribution in [0.2, 0.25) is 0 Å². The van der Waals surface area contributed by atoms with Gasteiger partial charge in [0.05, 0.1) is 6.20 Å². The number of hydrogen-bond acceptors (Lipinski definition) is 4. The zero-order valence-corrected chi connectivity index (χ0v) is 9.95. The molecule has 0 spiro atoms. The summed E-state index contributed by atoms with van der Waals surface area (Å²) >= 11 is 0. The van der Waals surface area contributed by atoms with E-state index in [4.69, 9.17) is 5.73 Å². The van der Waals surface area contributed by atoms with E-state index >= 15 is 0 Å². The summed E-state index contributed by atoms with van der Waals surface area (Å²) in [6, 6.07) is 0.115. The van der Waals surface area contributed by atoms with Crippen molar-refractivity contribution in [3.63, 3.8) is 0 Å². The molecule has 6 heteroatoms. The Morgan fingerprint density at radius 3 is 2.88 bits per heavy atom. The molecule has 0 saturated heterocycles. The van der Waals surface area contributed by atoms with Crippen LogP contribution in [-0.2, 0) is 0 Å². The smallest absolute Gasteiger partial charge is 0.256 e. The maximum Gasteiger partial charge on any atom is 0.256 e. The second-order valence-electron chi connectivity index (χ2n) is 4.16. The van der Waals surface area contributed by atoms with Gasteiger partial charge in [0.15, 0.2) is 0 Å². The summed E-state index contributed by atoms with van der Waals surface area (Å²) in [4.78, 5) is 13.8. The van der Waals surface area contributed by atoms with Crippen LogP contribution in [0.4, 0.5) is 5.82 Å². The molecule has 0 radical (unpaired) electrons. The number of H-pyrrole nitrogens is 1. The molecule has 90 valence electrons. The third-order valence-electron chi connectivity index (χ3n) is 2.30. The fourth-order valence-corrected chi connectivity index (χ4v) is 1.30. The zero-order chi connectivity index (χ0) is 12.1. The van der Waals surface area contributed by atoms with Crippen molar-refractivity contribution < 1.29 is 4.79 Å². The predicted octanol–water partition coefficient (Wildman–Crippen LogP) is 0.0619. The molecule has 0 saturated carbocycles. The molecule has 0 aliphatic carbocycles. The van der Waals surface area contributed by atoms with Gasteiger partial charge in [-0.1, -0.05) is 0 Å². The van der Waals surface area contributed by atoms with Crippen molar-refractivity contribution in [2.75, 3.05) is 26.4 Å². The van der Waals surface area contributed by atoms with Gasteiger partial charge in [0.1, 0.15) is 11.4 Å². The summed E-state index contributed by atoms with van der Waals surface area (Å²) in [5.74, 6) is 0.120. The van der Waals surface area contributed by atoms with Gasteiger partial charge in [-0.15, -0.1) is 0 Å². The van der Waals surface area contributed by atoms with Crippen LogP contribution in [0.25, 0.3) is 0 Å². The van der Waals surface area contributed by atoms with Gasteiger partial charge >= 0.3 is 0 Å². The molecule has 0 bridgehead atoms. The number of aromatic nitrogens is 2. The maximum atomic E-state index is 11.7. The first-order valence-electron chi connectivity index (χ1n) is 5.25. The third-order valence-corrected chi connectivity index (χ3v) is 2.30. The summed E-state index contributed by atoms with van der Waals surface area (Å²) in [6.07, 6.45) is 2.33. The first-order chi connectivity index (χ1) is 7.50. The van der Waals surface area contributed by atoms with Crippen LogP contribution in [-0.4, -0.2) is 47.7 Å². The van der Waals surface area contributed by atoms with Crippen molar-refractivity contribution >= 4 is 11.7 Å². The Balaban J connectivity index is 2.43. The van der Waals surface area contributed by atoms with Crippen LogP contribution in [0.5, 0.6) is 0 Å². The number of carbonyl (C=O) groups excluding carboxylic acids is 1. The minimum atomic E-state index is -0.183. The molecule has 1 amide bonds. The van der Waals surface area contributed by atoms with Crippen LogP contribution < -0.4 is 11.1 Å². The van der Waals surface area contributed by atoms with Crippen molar-refractivity contribution in [1.82, 2.24) is 20.4 Å². The second-order valence-corrected chi connectivity index (χ2v) is 4.16. The fraction of sp³-hybridized carbons (Fsp3) is 0.600. The Hall–Kier alpha value is -1.56. The van der Waals surface area contributed by atoms with Crippen LogP contribution in [0.1, 0.15) is 23.7 Å². The van der Waals surface area contributed by atoms with E-state index in [0.29, 0.717) is 11.4 Å². The molecule has 1 unspecified atom stereocenters. The summed E-state index contributed by atoms with van der Waals surface area (Å²) in [6.45, 7) is 2.90. The largest absolute Gasteiger partial charge is 0.383 e. The monoisotopic (exact) mass is 225 g/mol. The lowest BCUT2D eigenvalue weighted by molar-refractivity contribution is 0.0938. The molecule has 1 aromatic rings. The van der Waals surface area contributed by atoms with Crippen LogP contribution in [0.3, 0.4) is 0 Å². The van der Waals surface area contributed by atoms with E-state index in [-0.39, 0.29) is 11.9 Å². The Kier molecular flexibility index (Phi) is 4.30.